The van der Waals surface area contributed by atoms with Crippen molar-refractivity contribution >= 4 is 35.1 Å². The lowest BCUT2D eigenvalue weighted by Gasteiger charge is -2.08. The lowest BCUT2D eigenvalue weighted by atomic mass is 10.2. The highest BCUT2D eigenvalue weighted by Gasteiger charge is 2.12. The monoisotopic (exact) mass is 349 g/mol. The first kappa shape index (κ1) is 17.5. The summed E-state index contributed by atoms with van der Waals surface area (Å²) < 4.78 is 1.49. The van der Waals surface area contributed by atoms with Crippen LogP contribution in [0.5, 0.6) is 0 Å². The Hall–Kier alpha value is -2.81. The molecule has 0 aromatic carbocycles. The highest BCUT2D eigenvalue weighted by molar-refractivity contribution is 5.86. The zero-order valence-corrected chi connectivity index (χ0v) is 13.5. The fourth-order valence-electron chi connectivity index (χ4n) is 2.22. The minimum absolute atomic E-state index is 0. The Morgan fingerprint density at radius 2 is 2.04 bits per heavy atom. The molecule has 0 bridgehead atoms. The van der Waals surface area contributed by atoms with Crippen molar-refractivity contribution < 1.29 is 4.92 Å². The molecule has 0 amide bonds. The van der Waals surface area contributed by atoms with Crippen molar-refractivity contribution in [3.8, 4) is 0 Å². The minimum Gasteiger partial charge on any atom is -0.390 e. The standard InChI is InChI=1S/C14H15N7O2.ClH/c22-21(23)14-18-10-20(19-14)9-2-1-6-15-12-5-8-16-11-4-3-7-17-13(11)12;/h3-5,7-8,10H,1-2,6,9H2,(H,15,16);1H. The molecule has 0 fully saturated rings. The summed E-state index contributed by atoms with van der Waals surface area (Å²) in [5.41, 5.74) is 2.65. The van der Waals surface area contributed by atoms with Gasteiger partial charge in [0.1, 0.15) is 5.52 Å². The third-order valence-electron chi connectivity index (χ3n) is 3.31. The summed E-state index contributed by atoms with van der Waals surface area (Å²) in [5.74, 6) is -0.363. The number of fused-ring (bicyclic) bond motifs is 1. The van der Waals surface area contributed by atoms with Crippen LogP contribution in [0.25, 0.3) is 11.0 Å². The van der Waals surface area contributed by atoms with Crippen LogP contribution in [-0.4, -0.2) is 36.2 Å². The second-order valence-electron chi connectivity index (χ2n) is 4.93. The van der Waals surface area contributed by atoms with E-state index in [2.05, 4.69) is 25.4 Å². The van der Waals surface area contributed by atoms with Crippen LogP contribution in [0.3, 0.4) is 0 Å². The molecule has 0 atom stereocenters. The molecule has 9 nitrogen and oxygen atoms in total. The van der Waals surface area contributed by atoms with Gasteiger partial charge in [-0.05, 0) is 36.0 Å². The Morgan fingerprint density at radius 1 is 1.17 bits per heavy atom. The highest BCUT2D eigenvalue weighted by Crippen LogP contribution is 2.18. The van der Waals surface area contributed by atoms with Gasteiger partial charge in [0.25, 0.3) is 0 Å². The van der Waals surface area contributed by atoms with Crippen molar-refractivity contribution in [3.05, 3.63) is 47.0 Å². The third kappa shape index (κ3) is 4.13. The Balaban J connectivity index is 0.00000208. The highest BCUT2D eigenvalue weighted by atomic mass is 35.5. The van der Waals surface area contributed by atoms with Crippen LogP contribution in [0.2, 0.25) is 0 Å². The fourth-order valence-corrected chi connectivity index (χ4v) is 2.22. The van der Waals surface area contributed by atoms with E-state index in [9.17, 15) is 10.1 Å². The number of nitro groups is 1. The second kappa shape index (κ2) is 8.16. The first-order valence-electron chi connectivity index (χ1n) is 7.21. The smallest absolute Gasteiger partial charge is 0.390 e. The molecule has 3 rings (SSSR count). The topological polar surface area (TPSA) is 112 Å². The molecule has 0 aliphatic carbocycles. The zero-order chi connectivity index (χ0) is 16.1. The van der Waals surface area contributed by atoms with Crippen molar-refractivity contribution in [2.45, 2.75) is 19.4 Å². The average Bonchev–Trinajstić information content (AvgIpc) is 3.04. The fraction of sp³-hybridized carbons (Fsp3) is 0.286. The lowest BCUT2D eigenvalue weighted by Crippen LogP contribution is -2.06. The molecular formula is C14H16ClN7O2. The molecule has 3 heterocycles. The Bertz CT molecular complexity index is 818. The predicted octanol–water partition coefficient (Wildman–Crippen LogP) is 2.44. The van der Waals surface area contributed by atoms with Crippen LogP contribution >= 0.6 is 12.4 Å². The van der Waals surface area contributed by atoms with E-state index in [1.54, 1.807) is 12.4 Å². The largest absolute Gasteiger partial charge is 0.490 e. The molecule has 0 unspecified atom stereocenters. The van der Waals surface area contributed by atoms with Crippen LogP contribution in [0.15, 0.2) is 36.9 Å². The van der Waals surface area contributed by atoms with Gasteiger partial charge in [-0.2, -0.15) is 4.68 Å². The van der Waals surface area contributed by atoms with E-state index in [-0.39, 0.29) is 18.4 Å². The number of hydrogen-bond donors (Lipinski definition) is 1. The number of anilines is 1. The Morgan fingerprint density at radius 3 is 2.83 bits per heavy atom. The molecule has 0 spiro atoms. The van der Waals surface area contributed by atoms with E-state index >= 15 is 0 Å². The maximum atomic E-state index is 10.5. The number of aryl methyl sites for hydroxylation is 1. The number of pyridine rings is 2. The first-order valence-corrected chi connectivity index (χ1v) is 7.21. The molecule has 0 aliphatic heterocycles. The van der Waals surface area contributed by atoms with Gasteiger partial charge in [-0.3, -0.25) is 9.97 Å². The molecule has 3 aromatic rings. The third-order valence-corrected chi connectivity index (χ3v) is 3.31. The summed E-state index contributed by atoms with van der Waals surface area (Å²) >= 11 is 0. The summed E-state index contributed by atoms with van der Waals surface area (Å²) in [6.45, 7) is 1.37. The molecule has 0 saturated carbocycles. The van der Waals surface area contributed by atoms with Crippen LogP contribution in [-0.2, 0) is 6.54 Å². The van der Waals surface area contributed by atoms with Gasteiger partial charge in [0.05, 0.1) is 17.7 Å². The number of unbranched alkanes of at least 4 members (excludes halogenated alkanes) is 1. The molecule has 0 aliphatic rings. The lowest BCUT2D eigenvalue weighted by molar-refractivity contribution is -0.394. The molecule has 10 heteroatoms. The number of nitrogens with one attached hydrogen (secondary N) is 1. The van der Waals surface area contributed by atoms with Gasteiger partial charge in [-0.25, -0.2) is 0 Å². The SMILES string of the molecule is Cl.O=[N+]([O-])c1ncn(CCCCNc2ccnc3cccnc23)n1. The van der Waals surface area contributed by atoms with Gasteiger partial charge in [0, 0.05) is 24.0 Å². The normalized spacial score (nSPS) is 10.3. The number of aromatic nitrogens is 5. The number of nitrogens with zero attached hydrogens (tertiary/aromatic N) is 6. The Labute approximate surface area is 143 Å². The van der Waals surface area contributed by atoms with E-state index in [4.69, 9.17) is 0 Å². The molecule has 24 heavy (non-hydrogen) atoms. The van der Waals surface area contributed by atoms with E-state index in [1.807, 2.05) is 18.2 Å². The van der Waals surface area contributed by atoms with Gasteiger partial charge in [0.15, 0.2) is 0 Å². The van der Waals surface area contributed by atoms with Gasteiger partial charge in [-0.1, -0.05) is 4.98 Å². The zero-order valence-electron chi connectivity index (χ0n) is 12.7. The van der Waals surface area contributed by atoms with Crippen LogP contribution in [0.1, 0.15) is 12.8 Å². The van der Waals surface area contributed by atoms with Crippen LogP contribution < -0.4 is 5.32 Å². The molecular weight excluding hydrogens is 334 g/mol. The van der Waals surface area contributed by atoms with Gasteiger partial charge >= 0.3 is 5.95 Å². The molecule has 1 N–H and O–H groups in total. The number of hydrogen-bond acceptors (Lipinski definition) is 7. The van der Waals surface area contributed by atoms with Gasteiger partial charge in [-0.15, -0.1) is 12.4 Å². The quantitative estimate of drug-likeness (QED) is 0.396. The van der Waals surface area contributed by atoms with Crippen molar-refractivity contribution in [2.75, 3.05) is 11.9 Å². The molecule has 3 aromatic heterocycles. The maximum absolute atomic E-state index is 10.5. The summed E-state index contributed by atoms with van der Waals surface area (Å²) in [5, 5.41) is 17.6. The predicted molar refractivity (Wildman–Crippen MR) is 91.2 cm³/mol. The average molecular weight is 350 g/mol. The van der Waals surface area contributed by atoms with E-state index in [1.165, 1.54) is 11.0 Å². The van der Waals surface area contributed by atoms with Crippen LogP contribution in [0, 0.1) is 10.1 Å². The number of rotatable bonds is 7. The summed E-state index contributed by atoms with van der Waals surface area (Å²) in [4.78, 5) is 22.1. The van der Waals surface area contributed by atoms with Gasteiger partial charge < -0.3 is 15.4 Å². The minimum atomic E-state index is -0.598. The Kier molecular flexibility index (Phi) is 5.96. The second-order valence-corrected chi connectivity index (χ2v) is 4.93. The van der Waals surface area contributed by atoms with Crippen molar-refractivity contribution in [3.63, 3.8) is 0 Å². The summed E-state index contributed by atoms with van der Waals surface area (Å²) in [7, 11) is 0. The summed E-state index contributed by atoms with van der Waals surface area (Å²) in [6.07, 6.45) is 6.60. The number of halogens is 1. The van der Waals surface area contributed by atoms with E-state index < -0.39 is 4.92 Å². The molecule has 126 valence electrons. The molecule has 0 saturated heterocycles. The van der Waals surface area contributed by atoms with Crippen molar-refractivity contribution in [2.24, 2.45) is 0 Å². The van der Waals surface area contributed by atoms with Crippen molar-refractivity contribution in [1.29, 1.82) is 0 Å². The van der Waals surface area contributed by atoms with Gasteiger partial charge in [0.2, 0.25) is 6.33 Å². The first-order chi connectivity index (χ1) is 11.2. The van der Waals surface area contributed by atoms with Crippen LogP contribution in [0.4, 0.5) is 11.6 Å². The molecule has 0 radical (unpaired) electrons. The maximum Gasteiger partial charge on any atom is 0.490 e. The van der Waals surface area contributed by atoms with E-state index in [0.29, 0.717) is 6.54 Å². The van der Waals surface area contributed by atoms with Crippen molar-refractivity contribution in [1.82, 2.24) is 24.7 Å². The van der Waals surface area contributed by atoms with E-state index in [0.717, 1.165) is 36.1 Å². The summed E-state index contributed by atoms with van der Waals surface area (Å²) in [6, 6.07) is 5.68.